The number of ketones is 1. The number of fused-ring (bicyclic) bond motifs is 3. The molecule has 3 rings (SSSR count). The minimum absolute atomic E-state index is 0.391. The Morgan fingerprint density at radius 3 is 2.79 bits per heavy atom. The minimum Gasteiger partial charge on any atom is -0.477 e. The Morgan fingerprint density at radius 1 is 1.21 bits per heavy atom. The zero-order valence-electron chi connectivity index (χ0n) is 9.89. The highest BCUT2D eigenvalue weighted by molar-refractivity contribution is 6.31. The molecule has 0 spiro atoms. The van der Waals surface area contributed by atoms with Gasteiger partial charge < -0.3 is 10.1 Å². The summed E-state index contributed by atoms with van der Waals surface area (Å²) >= 11 is 5.99. The van der Waals surface area contributed by atoms with Gasteiger partial charge >= 0.3 is 0 Å². The number of para-hydroxylation sites is 1. The SMILES string of the molecule is N=CC(=O)C1Oc2ccccc2-c2ccc(Cl)cc21. The topological polar surface area (TPSA) is 50.2 Å². The fraction of sp³-hybridized carbons (Fsp3) is 0.0667. The molecule has 1 atom stereocenters. The van der Waals surface area contributed by atoms with Crippen LogP contribution in [0.3, 0.4) is 0 Å². The first-order valence-electron chi connectivity index (χ1n) is 5.80. The van der Waals surface area contributed by atoms with Gasteiger partial charge in [-0.15, -0.1) is 0 Å². The van der Waals surface area contributed by atoms with Crippen molar-refractivity contribution >= 4 is 23.6 Å². The summed E-state index contributed by atoms with van der Waals surface area (Å²) in [6.07, 6.45) is -0.00961. The summed E-state index contributed by atoms with van der Waals surface area (Å²) in [5.74, 6) is 0.260. The molecule has 1 heterocycles. The van der Waals surface area contributed by atoms with E-state index < -0.39 is 11.9 Å². The van der Waals surface area contributed by atoms with Crippen LogP contribution in [0.4, 0.5) is 0 Å². The molecule has 2 aromatic rings. The molecule has 19 heavy (non-hydrogen) atoms. The first kappa shape index (κ1) is 11.9. The Labute approximate surface area is 115 Å². The van der Waals surface area contributed by atoms with Crippen molar-refractivity contribution in [2.45, 2.75) is 6.10 Å². The minimum atomic E-state index is -0.791. The molecule has 2 aromatic carbocycles. The van der Waals surface area contributed by atoms with E-state index in [1.807, 2.05) is 30.3 Å². The molecule has 0 fully saturated rings. The van der Waals surface area contributed by atoms with Crippen LogP contribution in [0.25, 0.3) is 11.1 Å². The number of rotatable bonds is 2. The molecule has 1 aliphatic heterocycles. The van der Waals surface area contributed by atoms with Gasteiger partial charge in [0.2, 0.25) is 5.78 Å². The molecule has 1 N–H and O–H groups in total. The van der Waals surface area contributed by atoms with Gasteiger partial charge in [-0.3, -0.25) is 4.79 Å². The van der Waals surface area contributed by atoms with Crippen LogP contribution in [-0.4, -0.2) is 12.0 Å². The molecule has 0 amide bonds. The van der Waals surface area contributed by atoms with E-state index in [0.717, 1.165) is 17.3 Å². The first-order valence-corrected chi connectivity index (χ1v) is 6.18. The third-order valence-corrected chi connectivity index (χ3v) is 3.35. The van der Waals surface area contributed by atoms with Crippen LogP contribution in [0, 0.1) is 5.41 Å². The number of hydrogen-bond acceptors (Lipinski definition) is 3. The third-order valence-electron chi connectivity index (χ3n) is 3.12. The quantitative estimate of drug-likeness (QED) is 0.848. The van der Waals surface area contributed by atoms with E-state index in [2.05, 4.69) is 0 Å². The summed E-state index contributed by atoms with van der Waals surface area (Å²) in [6, 6.07) is 12.9. The molecular weight excluding hydrogens is 262 g/mol. The van der Waals surface area contributed by atoms with Crippen LogP contribution in [-0.2, 0) is 4.79 Å². The molecule has 1 unspecified atom stereocenters. The van der Waals surface area contributed by atoms with Gasteiger partial charge in [0, 0.05) is 16.1 Å². The van der Waals surface area contributed by atoms with Gasteiger partial charge in [-0.2, -0.15) is 0 Å². The van der Waals surface area contributed by atoms with Crippen LogP contribution < -0.4 is 4.74 Å². The molecule has 0 saturated carbocycles. The van der Waals surface area contributed by atoms with Gasteiger partial charge in [0.15, 0.2) is 6.10 Å². The van der Waals surface area contributed by atoms with Gasteiger partial charge in [-0.05, 0) is 23.8 Å². The van der Waals surface area contributed by atoms with Crippen LogP contribution in [0.2, 0.25) is 5.02 Å². The summed E-state index contributed by atoms with van der Waals surface area (Å²) in [4.78, 5) is 11.8. The Hall–Kier alpha value is -2.13. The van der Waals surface area contributed by atoms with Gasteiger partial charge in [0.05, 0.1) is 6.21 Å². The smallest absolute Gasteiger partial charge is 0.218 e. The van der Waals surface area contributed by atoms with E-state index in [1.165, 1.54) is 0 Å². The first-order chi connectivity index (χ1) is 9.20. The summed E-state index contributed by atoms with van der Waals surface area (Å²) in [6.45, 7) is 0. The van der Waals surface area contributed by atoms with Crippen LogP contribution in [0.1, 0.15) is 11.7 Å². The molecule has 0 radical (unpaired) electrons. The van der Waals surface area contributed by atoms with Crippen molar-refractivity contribution in [3.05, 3.63) is 53.1 Å². The monoisotopic (exact) mass is 271 g/mol. The lowest BCUT2D eigenvalue weighted by Crippen LogP contribution is -2.23. The molecule has 0 saturated heterocycles. The van der Waals surface area contributed by atoms with E-state index in [0.29, 0.717) is 16.3 Å². The van der Waals surface area contributed by atoms with E-state index in [1.54, 1.807) is 12.1 Å². The summed E-state index contributed by atoms with van der Waals surface area (Å²) in [5.41, 5.74) is 2.56. The highest BCUT2D eigenvalue weighted by atomic mass is 35.5. The van der Waals surface area contributed by atoms with E-state index in [9.17, 15) is 4.79 Å². The second-order valence-corrected chi connectivity index (χ2v) is 4.71. The largest absolute Gasteiger partial charge is 0.477 e. The Bertz CT molecular complexity index is 682. The molecule has 94 valence electrons. The number of carbonyl (C=O) groups is 1. The predicted molar refractivity (Wildman–Crippen MR) is 74.0 cm³/mol. The lowest BCUT2D eigenvalue weighted by Gasteiger charge is -2.27. The van der Waals surface area contributed by atoms with E-state index in [4.69, 9.17) is 21.7 Å². The summed E-state index contributed by atoms with van der Waals surface area (Å²) in [5, 5.41) is 7.68. The van der Waals surface area contributed by atoms with Crippen molar-refractivity contribution in [2.75, 3.05) is 0 Å². The highest BCUT2D eigenvalue weighted by Crippen LogP contribution is 2.43. The van der Waals surface area contributed by atoms with Crippen molar-refractivity contribution in [3.8, 4) is 16.9 Å². The molecule has 1 aliphatic rings. The zero-order chi connectivity index (χ0) is 13.4. The van der Waals surface area contributed by atoms with Crippen LogP contribution in [0.5, 0.6) is 5.75 Å². The standard InChI is InChI=1S/C15H10ClNO2/c16-9-5-6-10-11-3-1-2-4-14(11)19-15(12(10)7-9)13(18)8-17/h1-8,15,17H. The third kappa shape index (κ3) is 1.92. The molecule has 0 bridgehead atoms. The molecular formula is C15H10ClNO2. The normalized spacial score (nSPS) is 15.9. The number of ether oxygens (including phenoxy) is 1. The maximum Gasteiger partial charge on any atom is 0.218 e. The van der Waals surface area contributed by atoms with Gasteiger partial charge in [-0.25, -0.2) is 0 Å². The van der Waals surface area contributed by atoms with Crippen LogP contribution >= 0.6 is 11.6 Å². The lowest BCUT2D eigenvalue weighted by atomic mass is 9.91. The highest BCUT2D eigenvalue weighted by Gasteiger charge is 2.30. The second kappa shape index (κ2) is 4.52. The number of halogens is 1. The van der Waals surface area contributed by atoms with Gasteiger partial charge in [0.1, 0.15) is 5.75 Å². The fourth-order valence-electron chi connectivity index (χ4n) is 2.27. The summed E-state index contributed by atoms with van der Waals surface area (Å²) < 4.78 is 5.71. The van der Waals surface area contributed by atoms with E-state index in [-0.39, 0.29) is 0 Å². The average molecular weight is 272 g/mol. The van der Waals surface area contributed by atoms with Crippen molar-refractivity contribution in [2.24, 2.45) is 0 Å². The molecule has 0 aliphatic carbocycles. The van der Waals surface area contributed by atoms with Gasteiger partial charge in [-0.1, -0.05) is 35.9 Å². The number of nitrogens with one attached hydrogen (secondary N) is 1. The average Bonchev–Trinajstić information content (AvgIpc) is 2.45. The van der Waals surface area contributed by atoms with Crippen molar-refractivity contribution < 1.29 is 9.53 Å². The Balaban J connectivity index is 2.25. The molecule has 4 heteroatoms. The van der Waals surface area contributed by atoms with E-state index >= 15 is 0 Å². The second-order valence-electron chi connectivity index (χ2n) is 4.27. The molecule has 3 nitrogen and oxygen atoms in total. The van der Waals surface area contributed by atoms with Crippen LogP contribution in [0.15, 0.2) is 42.5 Å². The maximum absolute atomic E-state index is 11.8. The summed E-state index contributed by atoms with van der Waals surface area (Å²) in [7, 11) is 0. The number of hydrogen-bond donors (Lipinski definition) is 1. The predicted octanol–water partition coefficient (Wildman–Crippen LogP) is 3.66. The lowest BCUT2D eigenvalue weighted by molar-refractivity contribution is -0.119. The van der Waals surface area contributed by atoms with Crippen molar-refractivity contribution in [1.82, 2.24) is 0 Å². The molecule has 0 aromatic heterocycles. The fourth-order valence-corrected chi connectivity index (χ4v) is 2.45. The van der Waals surface area contributed by atoms with Gasteiger partial charge in [0.25, 0.3) is 0 Å². The zero-order valence-corrected chi connectivity index (χ0v) is 10.6. The number of benzene rings is 2. The van der Waals surface area contributed by atoms with Crippen molar-refractivity contribution in [1.29, 1.82) is 5.41 Å². The number of Topliss-reactive ketones (excluding diaryl/α,β-unsaturated/α-hetero) is 1. The Kier molecular flexibility index (Phi) is 2.84. The van der Waals surface area contributed by atoms with Crippen molar-refractivity contribution in [3.63, 3.8) is 0 Å². The Morgan fingerprint density at radius 2 is 2.00 bits per heavy atom. The number of carbonyl (C=O) groups excluding carboxylic acids is 1. The maximum atomic E-state index is 11.8.